The minimum atomic E-state index is -0.544. The van der Waals surface area contributed by atoms with Crippen LogP contribution in [0.15, 0.2) is 24.3 Å². The number of carbonyl (C=O) groups is 2. The summed E-state index contributed by atoms with van der Waals surface area (Å²) in [5.74, 6) is -0.685. The van der Waals surface area contributed by atoms with E-state index in [4.69, 9.17) is 0 Å². The molecule has 0 aliphatic carbocycles. The van der Waals surface area contributed by atoms with Crippen molar-refractivity contribution in [2.75, 3.05) is 7.05 Å². The molecule has 1 N–H and O–H groups in total. The Morgan fingerprint density at radius 1 is 1.25 bits per heavy atom. The molecule has 0 unspecified atom stereocenters. The highest BCUT2D eigenvalue weighted by molar-refractivity contribution is 5.86. The van der Waals surface area contributed by atoms with E-state index in [0.717, 1.165) is 5.56 Å². The van der Waals surface area contributed by atoms with Crippen molar-refractivity contribution in [2.24, 2.45) is 5.92 Å². The van der Waals surface area contributed by atoms with Gasteiger partial charge < -0.3 is 10.2 Å². The second-order valence-electron chi connectivity index (χ2n) is 5.24. The van der Waals surface area contributed by atoms with Crippen molar-refractivity contribution in [1.82, 2.24) is 10.2 Å². The van der Waals surface area contributed by atoms with Crippen LogP contribution in [0.3, 0.4) is 0 Å². The fourth-order valence-electron chi connectivity index (χ4n) is 1.91. The lowest BCUT2D eigenvalue weighted by molar-refractivity contribution is -0.136. The molecule has 4 nitrogen and oxygen atoms in total. The molecule has 0 aliphatic heterocycles. The Morgan fingerprint density at radius 2 is 1.80 bits per heavy atom. The van der Waals surface area contributed by atoms with E-state index >= 15 is 0 Å². The molecule has 1 aromatic rings. The summed E-state index contributed by atoms with van der Waals surface area (Å²) >= 11 is 0. The lowest BCUT2D eigenvalue weighted by atomic mass is 10.0. The summed E-state index contributed by atoms with van der Waals surface area (Å²) < 4.78 is 12.8. The van der Waals surface area contributed by atoms with Gasteiger partial charge in [-0.15, -0.1) is 0 Å². The van der Waals surface area contributed by atoms with E-state index in [1.54, 1.807) is 19.2 Å². The number of rotatable bonds is 5. The molecule has 1 atom stereocenters. The van der Waals surface area contributed by atoms with Gasteiger partial charge in [0.25, 0.3) is 0 Å². The molecule has 5 heteroatoms. The maximum atomic E-state index is 12.8. The van der Waals surface area contributed by atoms with Gasteiger partial charge in [-0.25, -0.2) is 4.39 Å². The van der Waals surface area contributed by atoms with Gasteiger partial charge in [-0.2, -0.15) is 0 Å². The van der Waals surface area contributed by atoms with Gasteiger partial charge in [0.1, 0.15) is 11.9 Å². The van der Waals surface area contributed by atoms with Crippen LogP contribution in [0.1, 0.15) is 26.3 Å². The van der Waals surface area contributed by atoms with Gasteiger partial charge in [0, 0.05) is 20.5 Å². The van der Waals surface area contributed by atoms with Crippen molar-refractivity contribution < 1.29 is 14.0 Å². The van der Waals surface area contributed by atoms with Crippen LogP contribution in [0.5, 0.6) is 0 Å². The molecule has 0 saturated carbocycles. The molecule has 0 fully saturated rings. The van der Waals surface area contributed by atoms with Crippen molar-refractivity contribution in [3.63, 3.8) is 0 Å². The third-order valence-electron chi connectivity index (χ3n) is 3.00. The molecule has 0 radical (unpaired) electrons. The summed E-state index contributed by atoms with van der Waals surface area (Å²) in [6, 6.07) is 5.46. The summed E-state index contributed by atoms with van der Waals surface area (Å²) in [4.78, 5) is 25.0. The smallest absolute Gasteiger partial charge is 0.245 e. The summed E-state index contributed by atoms with van der Waals surface area (Å²) in [7, 11) is 1.67. The predicted molar refractivity (Wildman–Crippen MR) is 75.3 cm³/mol. The Kier molecular flexibility index (Phi) is 5.67. The molecule has 0 aromatic heterocycles. The number of nitrogens with one attached hydrogen (secondary N) is 1. The van der Waals surface area contributed by atoms with Crippen LogP contribution in [0, 0.1) is 11.7 Å². The molecule has 1 aromatic carbocycles. The zero-order chi connectivity index (χ0) is 15.3. The lowest BCUT2D eigenvalue weighted by Gasteiger charge is -2.26. The Morgan fingerprint density at radius 3 is 2.25 bits per heavy atom. The van der Waals surface area contributed by atoms with E-state index in [9.17, 15) is 14.0 Å². The second-order valence-corrected chi connectivity index (χ2v) is 5.24. The van der Waals surface area contributed by atoms with Gasteiger partial charge in [0.05, 0.1) is 0 Å². The average molecular weight is 280 g/mol. The fourth-order valence-corrected chi connectivity index (χ4v) is 1.91. The SMILES string of the molecule is CC(=O)N[C@H](C(=O)N(C)Cc1ccc(F)cc1)C(C)C. The third-order valence-corrected chi connectivity index (χ3v) is 3.00. The van der Waals surface area contributed by atoms with Crippen LogP contribution in [-0.2, 0) is 16.1 Å². The highest BCUT2D eigenvalue weighted by Gasteiger charge is 2.25. The van der Waals surface area contributed by atoms with Crippen molar-refractivity contribution in [3.8, 4) is 0 Å². The van der Waals surface area contributed by atoms with E-state index in [1.807, 2.05) is 13.8 Å². The number of hydrogen-bond acceptors (Lipinski definition) is 2. The molecule has 0 spiro atoms. The molecule has 0 saturated heterocycles. The first kappa shape index (κ1) is 16.1. The maximum Gasteiger partial charge on any atom is 0.245 e. The van der Waals surface area contributed by atoms with Gasteiger partial charge in [0.15, 0.2) is 0 Å². The highest BCUT2D eigenvalue weighted by Crippen LogP contribution is 2.10. The Balaban J connectivity index is 2.73. The number of carbonyl (C=O) groups excluding carboxylic acids is 2. The lowest BCUT2D eigenvalue weighted by Crippen LogP contribution is -2.49. The van der Waals surface area contributed by atoms with Crippen LogP contribution in [-0.4, -0.2) is 29.8 Å². The quantitative estimate of drug-likeness (QED) is 0.896. The van der Waals surface area contributed by atoms with Crippen molar-refractivity contribution >= 4 is 11.8 Å². The summed E-state index contributed by atoms with van der Waals surface area (Å²) in [6.45, 7) is 5.53. The van der Waals surface area contributed by atoms with Crippen molar-refractivity contribution in [3.05, 3.63) is 35.6 Å². The molecular weight excluding hydrogens is 259 g/mol. The van der Waals surface area contributed by atoms with E-state index in [0.29, 0.717) is 6.54 Å². The number of halogens is 1. The van der Waals surface area contributed by atoms with Crippen LogP contribution in [0.25, 0.3) is 0 Å². The Hall–Kier alpha value is -1.91. The summed E-state index contributed by atoms with van der Waals surface area (Å²) in [5.41, 5.74) is 0.840. The van der Waals surface area contributed by atoms with Crippen molar-refractivity contribution in [2.45, 2.75) is 33.4 Å². The summed E-state index contributed by atoms with van der Waals surface area (Å²) in [5, 5.41) is 2.66. The Bertz CT molecular complexity index is 471. The van der Waals surface area contributed by atoms with Crippen LogP contribution >= 0.6 is 0 Å². The number of likely N-dealkylation sites (N-methyl/N-ethyl adjacent to an activating group) is 1. The van der Waals surface area contributed by atoms with Crippen LogP contribution in [0.2, 0.25) is 0 Å². The number of benzene rings is 1. The zero-order valence-corrected chi connectivity index (χ0v) is 12.3. The number of amides is 2. The van der Waals surface area contributed by atoms with Crippen molar-refractivity contribution in [1.29, 1.82) is 0 Å². The predicted octanol–water partition coefficient (Wildman–Crippen LogP) is 1.94. The first-order valence-corrected chi connectivity index (χ1v) is 6.57. The molecule has 0 aliphatic rings. The van der Waals surface area contributed by atoms with E-state index in [1.165, 1.54) is 24.0 Å². The molecule has 20 heavy (non-hydrogen) atoms. The third kappa shape index (κ3) is 4.64. The molecule has 0 bridgehead atoms. The monoisotopic (exact) mass is 280 g/mol. The highest BCUT2D eigenvalue weighted by atomic mass is 19.1. The molecular formula is C15H21FN2O2. The minimum absolute atomic E-state index is 0.00191. The normalized spacial score (nSPS) is 12.1. The maximum absolute atomic E-state index is 12.8. The van der Waals surface area contributed by atoms with Gasteiger partial charge in [-0.05, 0) is 23.6 Å². The molecule has 1 rings (SSSR count). The molecule has 110 valence electrons. The van der Waals surface area contributed by atoms with Crippen LogP contribution in [0.4, 0.5) is 4.39 Å². The standard InChI is InChI=1S/C15H21FN2O2/c1-10(2)14(17-11(3)19)15(20)18(4)9-12-5-7-13(16)8-6-12/h5-8,10,14H,9H2,1-4H3,(H,17,19)/t14-/m0/s1. The molecule has 2 amide bonds. The second kappa shape index (κ2) is 7.03. The van der Waals surface area contributed by atoms with Gasteiger partial charge >= 0.3 is 0 Å². The summed E-state index contributed by atoms with van der Waals surface area (Å²) in [6.07, 6.45) is 0. The first-order valence-electron chi connectivity index (χ1n) is 6.57. The average Bonchev–Trinajstić information content (AvgIpc) is 2.37. The van der Waals surface area contributed by atoms with E-state index < -0.39 is 6.04 Å². The number of nitrogens with zero attached hydrogens (tertiary/aromatic N) is 1. The minimum Gasteiger partial charge on any atom is -0.344 e. The Labute approximate surface area is 119 Å². The van der Waals surface area contributed by atoms with Gasteiger partial charge in [-0.3, -0.25) is 9.59 Å². The first-order chi connectivity index (χ1) is 9.31. The van der Waals surface area contributed by atoms with Gasteiger partial charge in [-0.1, -0.05) is 26.0 Å². The van der Waals surface area contributed by atoms with E-state index in [-0.39, 0.29) is 23.5 Å². The van der Waals surface area contributed by atoms with E-state index in [2.05, 4.69) is 5.32 Å². The van der Waals surface area contributed by atoms with Crippen LogP contribution < -0.4 is 5.32 Å². The topological polar surface area (TPSA) is 49.4 Å². The molecule has 0 heterocycles. The largest absolute Gasteiger partial charge is 0.344 e. The number of hydrogen-bond donors (Lipinski definition) is 1. The fraction of sp³-hybridized carbons (Fsp3) is 0.467. The van der Waals surface area contributed by atoms with Gasteiger partial charge in [0.2, 0.25) is 11.8 Å². The zero-order valence-electron chi connectivity index (χ0n) is 12.3.